The number of aromatic nitrogens is 3. The third kappa shape index (κ3) is 4.07. The molecule has 0 aliphatic rings. The molecule has 45 heavy (non-hydrogen) atoms. The zero-order chi connectivity index (χ0) is 34.0. The molecule has 6 heterocycles. The normalized spacial score (nSPS) is 14.6. The summed E-state index contributed by atoms with van der Waals surface area (Å²) in [4.78, 5) is 8.97. The van der Waals surface area contributed by atoms with Crippen LogP contribution >= 0.6 is 0 Å². The molecule has 4 aromatic carbocycles. The van der Waals surface area contributed by atoms with Gasteiger partial charge in [0.05, 0.1) is 11.0 Å². The van der Waals surface area contributed by atoms with Crippen LogP contribution in [0.2, 0.25) is 0 Å². The number of rotatable bonds is 2. The van der Waals surface area contributed by atoms with Crippen molar-refractivity contribution < 1.29 is 31.4 Å². The van der Waals surface area contributed by atoms with Crippen molar-refractivity contribution in [1.82, 2.24) is 14.4 Å². The van der Waals surface area contributed by atoms with Crippen molar-refractivity contribution >= 4 is 70.9 Å². The van der Waals surface area contributed by atoms with E-state index in [9.17, 15) is 0 Å². The first-order valence-corrected chi connectivity index (χ1v) is 14.7. The predicted octanol–water partition coefficient (Wildman–Crippen LogP) is 10.4. The maximum absolute atomic E-state index is 8.48. The van der Waals surface area contributed by atoms with E-state index in [0.717, 1.165) is 27.5 Å². The van der Waals surface area contributed by atoms with E-state index in [1.165, 1.54) is 49.7 Å². The maximum atomic E-state index is 8.48. The Balaban J connectivity index is 0.000000143. The fraction of sp³-hybridized carbons (Fsp3) is 0.150. The predicted molar refractivity (Wildman–Crippen MR) is 181 cm³/mol. The molecule has 0 saturated heterocycles. The van der Waals surface area contributed by atoms with Gasteiger partial charge < -0.3 is 18.8 Å². The van der Waals surface area contributed by atoms with Gasteiger partial charge in [0.25, 0.3) is 0 Å². The van der Waals surface area contributed by atoms with Crippen molar-refractivity contribution in [3.63, 3.8) is 0 Å². The summed E-state index contributed by atoms with van der Waals surface area (Å²) in [5.74, 6) is 0. The van der Waals surface area contributed by atoms with Gasteiger partial charge in [-0.05, 0) is 59.0 Å². The van der Waals surface area contributed by atoms with E-state index >= 15 is 0 Å². The van der Waals surface area contributed by atoms with Crippen molar-refractivity contribution in [3.05, 3.63) is 115 Å². The van der Waals surface area contributed by atoms with Gasteiger partial charge in [-0.25, -0.2) is 0 Å². The Morgan fingerprint density at radius 3 is 2.40 bits per heavy atom. The second-order valence-corrected chi connectivity index (χ2v) is 12.4. The van der Waals surface area contributed by atoms with Gasteiger partial charge in [-0.15, -0.1) is 59.5 Å². The van der Waals surface area contributed by atoms with Crippen LogP contribution in [0.5, 0.6) is 0 Å². The molecule has 0 atom stereocenters. The molecular formula is C40H29IrN3O-2. The van der Waals surface area contributed by atoms with E-state index in [1.807, 2.05) is 36.5 Å². The number of para-hydroxylation sites is 1. The molecule has 10 rings (SSSR count). The van der Waals surface area contributed by atoms with Crippen LogP contribution < -0.4 is 0 Å². The Hall–Kier alpha value is -4.57. The molecule has 0 fully saturated rings. The van der Waals surface area contributed by atoms with E-state index in [2.05, 4.69) is 57.9 Å². The molecule has 221 valence electrons. The van der Waals surface area contributed by atoms with Crippen molar-refractivity contribution in [1.29, 1.82) is 0 Å². The van der Waals surface area contributed by atoms with Gasteiger partial charge in [-0.1, -0.05) is 56.0 Å². The molecule has 5 heteroatoms. The first-order chi connectivity index (χ1) is 23.4. The molecular weight excluding hydrogens is 731 g/mol. The van der Waals surface area contributed by atoms with Crippen molar-refractivity contribution in [2.24, 2.45) is 5.41 Å². The Labute approximate surface area is 281 Å². The van der Waals surface area contributed by atoms with Crippen molar-refractivity contribution in [3.8, 4) is 11.3 Å². The van der Waals surface area contributed by atoms with Crippen LogP contribution in [-0.4, -0.2) is 14.4 Å². The number of hydrogen-bond acceptors (Lipinski definition) is 3. The van der Waals surface area contributed by atoms with Crippen LogP contribution in [0.4, 0.5) is 0 Å². The average Bonchev–Trinajstić information content (AvgIpc) is 3.71. The zero-order valence-electron chi connectivity index (χ0n) is 29.7. The number of benzene rings is 4. The molecule has 0 amide bonds. The molecule has 0 aliphatic carbocycles. The molecule has 10 aromatic rings. The summed E-state index contributed by atoms with van der Waals surface area (Å²) in [6.07, 6.45) is 1.29. The van der Waals surface area contributed by atoms with Crippen molar-refractivity contribution in [2.75, 3.05) is 0 Å². The van der Waals surface area contributed by atoms with E-state index in [1.54, 1.807) is 32.9 Å². The van der Waals surface area contributed by atoms with Crippen molar-refractivity contribution in [2.45, 2.75) is 34.0 Å². The zero-order valence-corrected chi connectivity index (χ0v) is 27.1. The summed E-state index contributed by atoms with van der Waals surface area (Å²) in [6.45, 7) is 2.85. The minimum atomic E-state index is -2.42. The molecule has 0 N–H and O–H groups in total. The van der Waals surface area contributed by atoms with Gasteiger partial charge in [0, 0.05) is 66.4 Å². The van der Waals surface area contributed by atoms with Crippen LogP contribution in [0.25, 0.3) is 82.2 Å². The van der Waals surface area contributed by atoms with Crippen LogP contribution in [-0.2, 0) is 26.5 Å². The van der Waals surface area contributed by atoms with Gasteiger partial charge in [-0.2, -0.15) is 0 Å². The Morgan fingerprint density at radius 2 is 1.62 bits per heavy atom. The number of furan rings is 1. The smallest absolute Gasteiger partial charge is 0.136 e. The molecule has 0 unspecified atom stereocenters. The van der Waals surface area contributed by atoms with Crippen LogP contribution in [0.3, 0.4) is 0 Å². The van der Waals surface area contributed by atoms with E-state index in [0.29, 0.717) is 11.3 Å². The third-order valence-electron chi connectivity index (χ3n) is 8.41. The van der Waals surface area contributed by atoms with Crippen LogP contribution in [0.15, 0.2) is 95.7 Å². The van der Waals surface area contributed by atoms with E-state index in [4.69, 9.17) is 16.3 Å². The van der Waals surface area contributed by atoms with Gasteiger partial charge in [0.1, 0.15) is 11.2 Å². The molecule has 6 aromatic heterocycles. The Morgan fingerprint density at radius 1 is 0.822 bits per heavy atom. The number of nitrogens with zero attached hydrogens (tertiary/aromatic N) is 3. The van der Waals surface area contributed by atoms with Crippen LogP contribution in [0.1, 0.15) is 38.8 Å². The monoisotopic (exact) mass is 765 g/mol. The second kappa shape index (κ2) is 9.97. The van der Waals surface area contributed by atoms with Gasteiger partial charge in [0.2, 0.25) is 0 Å². The van der Waals surface area contributed by atoms with E-state index in [-0.39, 0.29) is 31.2 Å². The molecule has 4 nitrogen and oxygen atoms in total. The van der Waals surface area contributed by atoms with E-state index < -0.39 is 18.6 Å². The number of aryl methyl sites for hydroxylation is 1. The second-order valence-electron chi connectivity index (χ2n) is 12.4. The summed E-state index contributed by atoms with van der Waals surface area (Å²) in [5, 5.41) is 8.45. The summed E-state index contributed by atoms with van der Waals surface area (Å²) in [6, 6.07) is 32.3. The molecule has 0 bridgehead atoms. The average molecular weight is 765 g/mol. The minimum absolute atomic E-state index is 0. The molecule has 0 aliphatic heterocycles. The standard InChI is InChI=1S/C23H9N2O.C17H20N.Ir/c1-3-11-12-5-2-6-15-20-18-17(9-10-24-20)26-16-8-7-14-13(4-1)21(11)25(22(12)15)23(14)19(16)18;1-13-12-18-16(14-8-6-5-7-9-14)10-15(13)11-17(2,3)4;/h1-5,7-10H;5-8,10,12H,11H2,1-4H3;/q2*-1;/i;1D3,11D2;. The van der Waals surface area contributed by atoms with Crippen LogP contribution in [0, 0.1) is 24.4 Å². The first-order valence-electron chi connectivity index (χ1n) is 17.2. The molecule has 0 spiro atoms. The Kier molecular flexibility index (Phi) is 5.07. The maximum Gasteiger partial charge on any atom is 0.136 e. The fourth-order valence-electron chi connectivity index (χ4n) is 6.77. The molecule has 0 saturated carbocycles. The summed E-state index contributed by atoms with van der Waals surface area (Å²) in [7, 11) is 0. The quantitative estimate of drug-likeness (QED) is 0.165. The largest absolute Gasteiger partial charge is 0.457 e. The Bertz CT molecular complexity index is 2830. The minimum Gasteiger partial charge on any atom is -0.457 e. The first kappa shape index (κ1) is 22.9. The summed E-state index contributed by atoms with van der Waals surface area (Å²) < 4.78 is 48.6. The summed E-state index contributed by atoms with van der Waals surface area (Å²) >= 11 is 0. The molecule has 1 radical (unpaired) electrons. The summed E-state index contributed by atoms with van der Waals surface area (Å²) in [5.41, 5.74) is 7.08. The third-order valence-corrected chi connectivity index (χ3v) is 8.41. The van der Waals surface area contributed by atoms with Gasteiger partial charge >= 0.3 is 0 Å². The number of hydrogen-bond donors (Lipinski definition) is 0. The van der Waals surface area contributed by atoms with Gasteiger partial charge in [-0.3, -0.25) is 0 Å². The fourth-order valence-corrected chi connectivity index (χ4v) is 6.77. The number of fused-ring (bicyclic) bond motifs is 3. The SMILES string of the molecule is [2H]C([2H])([2H])c1cnc(-c2[c-]cccc2)cc1C([2H])([2H])C(C)(C)C.[Ir].[c-]1ccc2c3cccc4c5ccc6oc7ccnc8c1c2n(c34)c5c6c78. The van der Waals surface area contributed by atoms with Gasteiger partial charge in [0.15, 0.2) is 0 Å². The topological polar surface area (TPSA) is 43.3 Å². The number of pyridine rings is 2.